The van der Waals surface area contributed by atoms with E-state index in [0.29, 0.717) is 6.42 Å². The Morgan fingerprint density at radius 1 is 1.75 bits per heavy atom. The summed E-state index contributed by atoms with van der Waals surface area (Å²) in [7, 11) is 0. The lowest BCUT2D eigenvalue weighted by Crippen LogP contribution is -2.29. The molecule has 1 fully saturated rings. The fourth-order valence-corrected chi connectivity index (χ4v) is 1.47. The molecule has 1 unspecified atom stereocenters. The van der Waals surface area contributed by atoms with E-state index < -0.39 is 11.4 Å². The van der Waals surface area contributed by atoms with Gasteiger partial charge in [0, 0.05) is 11.5 Å². The summed E-state index contributed by atoms with van der Waals surface area (Å²) in [6.45, 7) is 3.65. The number of aliphatic carboxylic acids is 1. The highest BCUT2D eigenvalue weighted by Crippen LogP contribution is 2.29. The topological polar surface area (TPSA) is 66.4 Å². The lowest BCUT2D eigenvalue weighted by atomic mass is 9.89. The fraction of sp³-hybridized carbons (Fsp3) is 0.750. The average molecular weight is 171 g/mol. The molecule has 1 atom stereocenters. The van der Waals surface area contributed by atoms with E-state index in [9.17, 15) is 9.59 Å². The van der Waals surface area contributed by atoms with Gasteiger partial charge in [0.1, 0.15) is 0 Å². The Bertz CT molecular complexity index is 222. The van der Waals surface area contributed by atoms with E-state index >= 15 is 0 Å². The zero-order chi connectivity index (χ0) is 9.35. The van der Waals surface area contributed by atoms with Gasteiger partial charge in [0.25, 0.3) is 0 Å². The molecule has 4 heteroatoms. The molecule has 12 heavy (non-hydrogen) atoms. The third-order valence-corrected chi connectivity index (χ3v) is 2.13. The van der Waals surface area contributed by atoms with Crippen LogP contribution in [-0.4, -0.2) is 23.0 Å². The van der Waals surface area contributed by atoms with Gasteiger partial charge in [0.05, 0.1) is 6.42 Å². The summed E-state index contributed by atoms with van der Waals surface area (Å²) in [6, 6.07) is -0.190. The molecule has 0 aliphatic carbocycles. The summed E-state index contributed by atoms with van der Waals surface area (Å²) < 4.78 is 0. The monoisotopic (exact) mass is 171 g/mol. The summed E-state index contributed by atoms with van der Waals surface area (Å²) in [5.74, 6) is -0.910. The molecule has 68 valence electrons. The Morgan fingerprint density at radius 2 is 2.33 bits per heavy atom. The zero-order valence-electron chi connectivity index (χ0n) is 7.26. The molecule has 4 nitrogen and oxygen atoms in total. The van der Waals surface area contributed by atoms with Gasteiger partial charge in [-0.2, -0.15) is 0 Å². The predicted octanol–water partition coefficient (Wildman–Crippen LogP) is 0.376. The number of carboxylic acid groups (broad SMARTS) is 1. The highest BCUT2D eigenvalue weighted by atomic mass is 16.4. The van der Waals surface area contributed by atoms with Crippen molar-refractivity contribution in [1.29, 1.82) is 0 Å². The van der Waals surface area contributed by atoms with Crippen LogP contribution in [0.1, 0.15) is 26.7 Å². The van der Waals surface area contributed by atoms with Crippen molar-refractivity contribution in [3.8, 4) is 0 Å². The minimum atomic E-state index is -0.863. The van der Waals surface area contributed by atoms with Crippen LogP contribution in [0.25, 0.3) is 0 Å². The van der Waals surface area contributed by atoms with E-state index in [1.165, 1.54) is 0 Å². The first-order valence-electron chi connectivity index (χ1n) is 3.94. The highest BCUT2D eigenvalue weighted by molar-refractivity contribution is 5.85. The van der Waals surface area contributed by atoms with Gasteiger partial charge in [-0.1, -0.05) is 13.8 Å². The first kappa shape index (κ1) is 9.03. The maximum Gasteiger partial charge on any atom is 0.305 e. The SMILES string of the molecule is CC1(C)CC(CC(=O)O)NC1=O. The van der Waals surface area contributed by atoms with E-state index in [1.54, 1.807) is 0 Å². The van der Waals surface area contributed by atoms with Gasteiger partial charge in [-0.05, 0) is 6.42 Å². The average Bonchev–Trinajstić information content (AvgIpc) is 2.04. The number of nitrogens with one attached hydrogen (secondary N) is 1. The molecule has 0 aromatic heterocycles. The molecule has 1 aliphatic rings. The van der Waals surface area contributed by atoms with Crippen molar-refractivity contribution in [3.05, 3.63) is 0 Å². The molecule has 1 amide bonds. The van der Waals surface area contributed by atoms with E-state index in [1.807, 2.05) is 13.8 Å². The van der Waals surface area contributed by atoms with Crippen molar-refractivity contribution < 1.29 is 14.7 Å². The Balaban J connectivity index is 2.55. The number of rotatable bonds is 2. The summed E-state index contributed by atoms with van der Waals surface area (Å²) in [5.41, 5.74) is -0.403. The number of hydrogen-bond acceptors (Lipinski definition) is 2. The molecule has 1 heterocycles. The first-order chi connectivity index (χ1) is 5.42. The molecule has 0 radical (unpaired) electrons. The first-order valence-corrected chi connectivity index (χ1v) is 3.94. The molecule has 0 spiro atoms. The lowest BCUT2D eigenvalue weighted by Gasteiger charge is -2.11. The van der Waals surface area contributed by atoms with Gasteiger partial charge in [0.2, 0.25) is 5.91 Å². The Hall–Kier alpha value is -1.06. The van der Waals surface area contributed by atoms with Crippen molar-refractivity contribution in [2.45, 2.75) is 32.7 Å². The Morgan fingerprint density at radius 3 is 2.67 bits per heavy atom. The summed E-state index contributed by atoms with van der Waals surface area (Å²) in [5, 5.41) is 11.1. The van der Waals surface area contributed by atoms with Crippen molar-refractivity contribution >= 4 is 11.9 Å². The number of carboxylic acids is 1. The van der Waals surface area contributed by atoms with Crippen LogP contribution in [-0.2, 0) is 9.59 Å². The summed E-state index contributed by atoms with van der Waals surface area (Å²) >= 11 is 0. The number of hydrogen-bond donors (Lipinski definition) is 2. The second kappa shape index (κ2) is 2.77. The minimum Gasteiger partial charge on any atom is -0.481 e. The Kier molecular flexibility index (Phi) is 2.08. The van der Waals surface area contributed by atoms with Crippen molar-refractivity contribution in [2.75, 3.05) is 0 Å². The van der Waals surface area contributed by atoms with E-state index in [-0.39, 0.29) is 18.4 Å². The quantitative estimate of drug-likeness (QED) is 0.631. The van der Waals surface area contributed by atoms with Gasteiger partial charge in [0.15, 0.2) is 0 Å². The maximum absolute atomic E-state index is 11.2. The maximum atomic E-state index is 11.2. The van der Waals surface area contributed by atoms with Gasteiger partial charge in [-0.15, -0.1) is 0 Å². The zero-order valence-corrected chi connectivity index (χ0v) is 7.26. The molecule has 0 bridgehead atoms. The number of carbonyl (C=O) groups is 2. The summed E-state index contributed by atoms with van der Waals surface area (Å²) in [6.07, 6.45) is 0.632. The van der Waals surface area contributed by atoms with Crippen LogP contribution in [0.15, 0.2) is 0 Å². The summed E-state index contributed by atoms with van der Waals surface area (Å²) in [4.78, 5) is 21.5. The third kappa shape index (κ3) is 1.75. The lowest BCUT2D eigenvalue weighted by molar-refractivity contribution is -0.137. The van der Waals surface area contributed by atoms with E-state index in [4.69, 9.17) is 5.11 Å². The molecule has 1 saturated heterocycles. The smallest absolute Gasteiger partial charge is 0.305 e. The molecule has 0 aromatic rings. The van der Waals surface area contributed by atoms with Crippen molar-refractivity contribution in [1.82, 2.24) is 5.32 Å². The van der Waals surface area contributed by atoms with E-state index in [2.05, 4.69) is 5.32 Å². The van der Waals surface area contributed by atoms with Gasteiger partial charge >= 0.3 is 5.97 Å². The van der Waals surface area contributed by atoms with Crippen molar-refractivity contribution in [3.63, 3.8) is 0 Å². The highest BCUT2D eigenvalue weighted by Gasteiger charge is 2.39. The molecule has 1 rings (SSSR count). The Labute approximate surface area is 71.0 Å². The largest absolute Gasteiger partial charge is 0.481 e. The second-order valence-corrected chi connectivity index (χ2v) is 3.86. The van der Waals surface area contributed by atoms with Gasteiger partial charge < -0.3 is 10.4 Å². The normalized spacial score (nSPS) is 26.8. The number of amides is 1. The number of carbonyl (C=O) groups excluding carboxylic acids is 1. The molecular weight excluding hydrogens is 158 g/mol. The molecular formula is C8H13NO3. The fourth-order valence-electron chi connectivity index (χ4n) is 1.47. The molecule has 0 saturated carbocycles. The molecule has 0 aromatic carbocycles. The predicted molar refractivity (Wildman–Crippen MR) is 42.6 cm³/mol. The van der Waals surface area contributed by atoms with Crippen LogP contribution in [0, 0.1) is 5.41 Å². The van der Waals surface area contributed by atoms with Gasteiger partial charge in [-0.25, -0.2) is 0 Å². The standard InChI is InChI=1S/C8H13NO3/c1-8(2)4-5(3-6(10)11)9-7(8)12/h5H,3-4H2,1-2H3,(H,9,12)(H,10,11). The van der Waals surface area contributed by atoms with E-state index in [0.717, 1.165) is 0 Å². The molecule has 1 aliphatic heterocycles. The third-order valence-electron chi connectivity index (χ3n) is 2.13. The second-order valence-electron chi connectivity index (χ2n) is 3.86. The van der Waals surface area contributed by atoms with Gasteiger partial charge in [-0.3, -0.25) is 9.59 Å². The molecule has 2 N–H and O–H groups in total. The van der Waals surface area contributed by atoms with Crippen LogP contribution >= 0.6 is 0 Å². The van der Waals surface area contributed by atoms with Crippen LogP contribution in [0.2, 0.25) is 0 Å². The minimum absolute atomic E-state index is 0.0230. The van der Waals surface area contributed by atoms with Crippen LogP contribution in [0.3, 0.4) is 0 Å². The van der Waals surface area contributed by atoms with Crippen LogP contribution in [0.5, 0.6) is 0 Å². The van der Waals surface area contributed by atoms with Crippen LogP contribution < -0.4 is 5.32 Å². The van der Waals surface area contributed by atoms with Crippen molar-refractivity contribution in [2.24, 2.45) is 5.41 Å². The van der Waals surface area contributed by atoms with Crippen LogP contribution in [0.4, 0.5) is 0 Å².